The van der Waals surface area contributed by atoms with E-state index in [9.17, 15) is 9.18 Å². The lowest BCUT2D eigenvalue weighted by Gasteiger charge is -2.09. The van der Waals surface area contributed by atoms with E-state index in [1.807, 2.05) is 0 Å². The number of hydrogen-bond donors (Lipinski definition) is 0. The molecule has 0 bridgehead atoms. The topological polar surface area (TPSA) is 26.3 Å². The van der Waals surface area contributed by atoms with Gasteiger partial charge in [-0.05, 0) is 30.9 Å². The number of carbonyl (C=O) groups is 1. The Morgan fingerprint density at radius 3 is 2.78 bits per heavy atom. The molecule has 0 saturated heterocycles. The Hall–Kier alpha value is -1.38. The second-order valence-electron chi connectivity index (χ2n) is 4.88. The van der Waals surface area contributed by atoms with Gasteiger partial charge in [-0.15, -0.1) is 0 Å². The van der Waals surface area contributed by atoms with Crippen molar-refractivity contribution in [2.24, 2.45) is 5.92 Å². The fourth-order valence-corrected chi connectivity index (χ4v) is 2.62. The van der Waals surface area contributed by atoms with Gasteiger partial charge in [0, 0.05) is 12.3 Å². The monoisotopic (exact) mass is 250 g/mol. The van der Waals surface area contributed by atoms with E-state index < -0.39 is 0 Å². The van der Waals surface area contributed by atoms with Crippen LogP contribution in [0.25, 0.3) is 0 Å². The van der Waals surface area contributed by atoms with E-state index in [2.05, 4.69) is 0 Å². The highest BCUT2D eigenvalue weighted by Gasteiger charge is 2.22. The van der Waals surface area contributed by atoms with Gasteiger partial charge in [-0.1, -0.05) is 25.0 Å². The van der Waals surface area contributed by atoms with Gasteiger partial charge in [-0.3, -0.25) is 4.79 Å². The van der Waals surface area contributed by atoms with E-state index in [1.54, 1.807) is 18.2 Å². The third-order valence-electron chi connectivity index (χ3n) is 3.71. The zero-order chi connectivity index (χ0) is 13.0. The van der Waals surface area contributed by atoms with Crippen LogP contribution in [0.2, 0.25) is 0 Å². The van der Waals surface area contributed by atoms with Crippen molar-refractivity contribution in [2.45, 2.75) is 38.5 Å². The lowest BCUT2D eigenvalue weighted by molar-refractivity contribution is -0.122. The predicted molar refractivity (Wildman–Crippen MR) is 68.2 cm³/mol. The van der Waals surface area contributed by atoms with Crippen molar-refractivity contribution in [1.29, 1.82) is 0 Å². The van der Waals surface area contributed by atoms with E-state index in [0.29, 0.717) is 18.4 Å². The second-order valence-corrected chi connectivity index (χ2v) is 4.88. The number of halogens is 1. The molecule has 1 aliphatic rings. The number of rotatable bonds is 5. The average molecular weight is 250 g/mol. The summed E-state index contributed by atoms with van der Waals surface area (Å²) < 4.78 is 18.8. The Morgan fingerprint density at radius 1 is 1.39 bits per heavy atom. The van der Waals surface area contributed by atoms with E-state index in [1.165, 1.54) is 7.11 Å². The summed E-state index contributed by atoms with van der Waals surface area (Å²) in [7, 11) is 1.45. The molecule has 1 aliphatic carbocycles. The molecule has 98 valence electrons. The molecule has 2 nitrogen and oxygen atoms in total. The maximum absolute atomic E-state index is 13.9. The summed E-state index contributed by atoms with van der Waals surface area (Å²) in [6, 6.07) is 5.08. The minimum Gasteiger partial charge on any atom is -0.494 e. The first-order valence-corrected chi connectivity index (χ1v) is 6.56. The van der Waals surface area contributed by atoms with E-state index >= 15 is 0 Å². The summed E-state index contributed by atoms with van der Waals surface area (Å²) in [6.07, 6.45) is 5.25. The first kappa shape index (κ1) is 13.1. The fourth-order valence-electron chi connectivity index (χ4n) is 2.62. The molecule has 0 radical (unpaired) electrons. The van der Waals surface area contributed by atoms with Crippen LogP contribution in [0.4, 0.5) is 4.39 Å². The number of ketones is 1. The molecule has 0 amide bonds. The summed E-state index contributed by atoms with van der Waals surface area (Å²) >= 11 is 0. The Balaban J connectivity index is 1.95. The second kappa shape index (κ2) is 5.98. The van der Waals surface area contributed by atoms with Crippen LogP contribution >= 0.6 is 0 Å². The molecule has 1 aromatic carbocycles. The Morgan fingerprint density at radius 2 is 2.11 bits per heavy atom. The Bertz CT molecular complexity index is 423. The fraction of sp³-hybridized carbons (Fsp3) is 0.533. The predicted octanol–water partition coefficient (Wildman–Crippen LogP) is 3.53. The molecule has 0 aliphatic heterocycles. The first-order valence-electron chi connectivity index (χ1n) is 6.56. The number of carbonyl (C=O) groups excluding carboxylic acids is 1. The van der Waals surface area contributed by atoms with Crippen LogP contribution in [-0.2, 0) is 11.2 Å². The van der Waals surface area contributed by atoms with Crippen molar-refractivity contribution in [2.75, 3.05) is 7.11 Å². The van der Waals surface area contributed by atoms with Crippen LogP contribution in [-0.4, -0.2) is 12.9 Å². The van der Waals surface area contributed by atoms with Crippen molar-refractivity contribution in [3.05, 3.63) is 29.6 Å². The smallest absolute Gasteiger partial charge is 0.168 e. The molecule has 3 heteroatoms. The number of aryl methyl sites for hydroxylation is 1. The zero-order valence-corrected chi connectivity index (χ0v) is 10.7. The van der Waals surface area contributed by atoms with Crippen LogP contribution in [0.1, 0.15) is 37.7 Å². The van der Waals surface area contributed by atoms with E-state index in [0.717, 1.165) is 25.7 Å². The third-order valence-corrected chi connectivity index (χ3v) is 3.71. The van der Waals surface area contributed by atoms with Gasteiger partial charge < -0.3 is 4.74 Å². The molecular formula is C15H19FO2. The molecule has 0 unspecified atom stereocenters. The average Bonchev–Trinajstić information content (AvgIpc) is 2.91. The van der Waals surface area contributed by atoms with Crippen molar-refractivity contribution < 1.29 is 13.9 Å². The summed E-state index contributed by atoms with van der Waals surface area (Å²) in [6.45, 7) is 0. The lowest BCUT2D eigenvalue weighted by Crippen LogP contribution is -2.11. The summed E-state index contributed by atoms with van der Waals surface area (Å²) in [4.78, 5) is 11.9. The molecule has 0 N–H and O–H groups in total. The molecule has 0 atom stereocenters. The number of Topliss-reactive ketones (excluding diaryl/α,β-unsaturated/α-hetero) is 1. The molecule has 2 rings (SSSR count). The van der Waals surface area contributed by atoms with E-state index in [-0.39, 0.29) is 23.3 Å². The molecule has 1 saturated carbocycles. The lowest BCUT2D eigenvalue weighted by atomic mass is 9.96. The van der Waals surface area contributed by atoms with Gasteiger partial charge in [-0.2, -0.15) is 0 Å². The molecule has 18 heavy (non-hydrogen) atoms. The molecule has 0 aromatic heterocycles. The maximum Gasteiger partial charge on any atom is 0.168 e. The number of ether oxygens (including phenoxy) is 1. The van der Waals surface area contributed by atoms with Gasteiger partial charge in [0.05, 0.1) is 7.11 Å². The van der Waals surface area contributed by atoms with Crippen LogP contribution in [0.5, 0.6) is 5.75 Å². The van der Waals surface area contributed by atoms with E-state index in [4.69, 9.17) is 4.74 Å². The molecule has 0 heterocycles. The van der Waals surface area contributed by atoms with Gasteiger partial charge >= 0.3 is 0 Å². The number of benzene rings is 1. The van der Waals surface area contributed by atoms with Crippen LogP contribution in [0.3, 0.4) is 0 Å². The molecule has 0 spiro atoms. The van der Waals surface area contributed by atoms with Gasteiger partial charge in [-0.25, -0.2) is 4.39 Å². The normalized spacial score (nSPS) is 15.9. The van der Waals surface area contributed by atoms with Crippen molar-refractivity contribution in [1.82, 2.24) is 0 Å². The van der Waals surface area contributed by atoms with Crippen molar-refractivity contribution in [3.63, 3.8) is 0 Å². The van der Waals surface area contributed by atoms with Gasteiger partial charge in [0.2, 0.25) is 0 Å². The highest BCUT2D eigenvalue weighted by atomic mass is 19.1. The number of methoxy groups -OCH3 is 1. The summed E-state index contributed by atoms with van der Waals surface area (Å²) in [5, 5.41) is 0. The third kappa shape index (κ3) is 2.89. The minimum atomic E-state index is -0.334. The quantitative estimate of drug-likeness (QED) is 0.799. The van der Waals surface area contributed by atoms with Gasteiger partial charge in [0.15, 0.2) is 11.6 Å². The Labute approximate surface area is 107 Å². The van der Waals surface area contributed by atoms with Gasteiger partial charge in [0.1, 0.15) is 5.78 Å². The molecular weight excluding hydrogens is 231 g/mol. The highest BCUT2D eigenvalue weighted by Crippen LogP contribution is 2.27. The van der Waals surface area contributed by atoms with Crippen LogP contribution in [0.15, 0.2) is 18.2 Å². The van der Waals surface area contributed by atoms with Crippen LogP contribution in [0, 0.1) is 11.7 Å². The first-order chi connectivity index (χ1) is 8.72. The van der Waals surface area contributed by atoms with Gasteiger partial charge in [0.25, 0.3) is 0 Å². The largest absolute Gasteiger partial charge is 0.494 e. The van der Waals surface area contributed by atoms with Crippen molar-refractivity contribution >= 4 is 5.78 Å². The Kier molecular flexibility index (Phi) is 4.34. The summed E-state index contributed by atoms with van der Waals surface area (Å²) in [5.74, 6) is 0.424. The van der Waals surface area contributed by atoms with Crippen molar-refractivity contribution in [3.8, 4) is 5.75 Å². The highest BCUT2D eigenvalue weighted by molar-refractivity contribution is 5.81. The summed E-state index contributed by atoms with van der Waals surface area (Å²) in [5.41, 5.74) is 0.570. The SMILES string of the molecule is COc1cccc(CCC(=O)C2CCCC2)c1F. The standard InChI is InChI=1S/C15H19FO2/c1-18-14-8-4-7-12(15(14)16)9-10-13(17)11-5-2-3-6-11/h4,7-8,11H,2-3,5-6,9-10H2,1H3. The molecule has 1 aromatic rings. The maximum atomic E-state index is 13.9. The molecule has 1 fully saturated rings. The number of hydrogen-bond acceptors (Lipinski definition) is 2. The van der Waals surface area contributed by atoms with Crippen LogP contribution < -0.4 is 4.74 Å². The zero-order valence-electron chi connectivity index (χ0n) is 10.7. The minimum absolute atomic E-state index is 0.221.